The summed E-state index contributed by atoms with van der Waals surface area (Å²) in [7, 11) is 0. The minimum Gasteiger partial charge on any atom is -0.357 e. The van der Waals surface area contributed by atoms with Gasteiger partial charge in [0.05, 0.1) is 0 Å². The number of nitrogens with one attached hydrogen (secondary N) is 2. The van der Waals surface area contributed by atoms with Gasteiger partial charge < -0.3 is 10.6 Å². The average molecular weight is 396 g/mol. The molecule has 120 valence electrons. The molecule has 0 aromatic heterocycles. The molecular weight excluding hydrogens is 363 g/mol. The van der Waals surface area contributed by atoms with Crippen molar-refractivity contribution in [1.29, 1.82) is 0 Å². The van der Waals surface area contributed by atoms with Crippen LogP contribution >= 0.6 is 24.0 Å². The standard InChI is InChI=1S/C15H32N4.HI/c1-5-14(19-9-7-8-10-19)12-18-15(16-6-2)17-11-13(3)4;/h13-14H,5-12H2,1-4H3,(H2,16,17,18);1H. The Labute approximate surface area is 142 Å². The molecular formula is C15H33IN4. The predicted octanol–water partition coefficient (Wildman–Crippen LogP) is 2.69. The van der Waals surface area contributed by atoms with E-state index >= 15 is 0 Å². The van der Waals surface area contributed by atoms with Crippen LogP contribution in [0.4, 0.5) is 0 Å². The number of guanidine groups is 1. The van der Waals surface area contributed by atoms with Crippen molar-refractivity contribution in [3.63, 3.8) is 0 Å². The predicted molar refractivity (Wildman–Crippen MR) is 99.1 cm³/mol. The van der Waals surface area contributed by atoms with Crippen LogP contribution in [0.1, 0.15) is 47.0 Å². The van der Waals surface area contributed by atoms with Crippen LogP contribution < -0.4 is 10.6 Å². The maximum absolute atomic E-state index is 4.62. The molecule has 1 aliphatic rings. The van der Waals surface area contributed by atoms with E-state index in [9.17, 15) is 0 Å². The lowest BCUT2D eigenvalue weighted by molar-refractivity contribution is 0.236. The summed E-state index contributed by atoms with van der Waals surface area (Å²) < 4.78 is 0. The van der Waals surface area contributed by atoms with E-state index < -0.39 is 0 Å². The maximum Gasteiger partial charge on any atom is 0.191 e. The third-order valence-corrected chi connectivity index (χ3v) is 3.59. The molecule has 1 rings (SSSR count). The van der Waals surface area contributed by atoms with Crippen molar-refractivity contribution in [3.05, 3.63) is 0 Å². The summed E-state index contributed by atoms with van der Waals surface area (Å²) >= 11 is 0. The first-order valence-electron chi connectivity index (χ1n) is 7.93. The lowest BCUT2D eigenvalue weighted by Crippen LogP contribution is -2.46. The first-order valence-corrected chi connectivity index (χ1v) is 7.93. The van der Waals surface area contributed by atoms with Gasteiger partial charge in [-0.1, -0.05) is 20.8 Å². The Bertz CT molecular complexity index is 263. The van der Waals surface area contributed by atoms with E-state index in [-0.39, 0.29) is 24.0 Å². The zero-order valence-corrected chi connectivity index (χ0v) is 15.9. The van der Waals surface area contributed by atoms with Gasteiger partial charge in [0.2, 0.25) is 0 Å². The highest BCUT2D eigenvalue weighted by Crippen LogP contribution is 2.13. The van der Waals surface area contributed by atoms with Crippen molar-refractivity contribution >= 4 is 29.9 Å². The molecule has 0 radical (unpaired) electrons. The number of hydrogen-bond acceptors (Lipinski definition) is 2. The number of hydrogen-bond donors (Lipinski definition) is 2. The zero-order valence-electron chi connectivity index (χ0n) is 13.6. The normalized spacial score (nSPS) is 17.9. The van der Waals surface area contributed by atoms with Crippen LogP contribution in [-0.4, -0.2) is 49.6 Å². The van der Waals surface area contributed by atoms with Gasteiger partial charge in [0.15, 0.2) is 5.96 Å². The lowest BCUT2D eigenvalue weighted by Gasteiger charge is -2.27. The minimum atomic E-state index is 0. The SMILES string of the molecule is CCNC(=NCC(C)C)NCC(CC)N1CCCC1.I. The monoisotopic (exact) mass is 396 g/mol. The molecule has 0 bridgehead atoms. The molecule has 1 fully saturated rings. The van der Waals surface area contributed by atoms with E-state index in [4.69, 9.17) is 0 Å². The van der Waals surface area contributed by atoms with Gasteiger partial charge in [-0.05, 0) is 45.2 Å². The van der Waals surface area contributed by atoms with Crippen molar-refractivity contribution in [2.75, 3.05) is 32.7 Å². The van der Waals surface area contributed by atoms with E-state index in [1.165, 1.54) is 32.4 Å². The molecule has 20 heavy (non-hydrogen) atoms. The summed E-state index contributed by atoms with van der Waals surface area (Å²) in [6, 6.07) is 0.644. The molecule has 5 heteroatoms. The number of likely N-dealkylation sites (tertiary alicyclic amines) is 1. The fourth-order valence-corrected chi connectivity index (χ4v) is 2.47. The first-order chi connectivity index (χ1) is 9.17. The lowest BCUT2D eigenvalue weighted by atomic mass is 10.2. The van der Waals surface area contributed by atoms with E-state index in [1.807, 2.05) is 0 Å². The van der Waals surface area contributed by atoms with Crippen LogP contribution in [0.2, 0.25) is 0 Å². The number of nitrogens with zero attached hydrogens (tertiary/aromatic N) is 2. The highest BCUT2D eigenvalue weighted by molar-refractivity contribution is 14.0. The molecule has 0 aliphatic carbocycles. The van der Waals surface area contributed by atoms with Crippen LogP contribution in [0.5, 0.6) is 0 Å². The van der Waals surface area contributed by atoms with Gasteiger partial charge in [-0.25, -0.2) is 0 Å². The topological polar surface area (TPSA) is 39.7 Å². The molecule has 2 N–H and O–H groups in total. The maximum atomic E-state index is 4.62. The number of aliphatic imine (C=N–C) groups is 1. The molecule has 0 amide bonds. The summed E-state index contributed by atoms with van der Waals surface area (Å²) in [4.78, 5) is 7.23. The van der Waals surface area contributed by atoms with E-state index in [0.717, 1.165) is 25.6 Å². The molecule has 1 heterocycles. The highest BCUT2D eigenvalue weighted by Gasteiger charge is 2.20. The second kappa shape index (κ2) is 11.6. The van der Waals surface area contributed by atoms with E-state index in [0.29, 0.717) is 12.0 Å². The molecule has 1 aliphatic heterocycles. The van der Waals surface area contributed by atoms with Crippen LogP contribution in [0.25, 0.3) is 0 Å². The van der Waals surface area contributed by atoms with E-state index in [2.05, 4.69) is 48.2 Å². The quantitative estimate of drug-likeness (QED) is 0.395. The summed E-state index contributed by atoms with van der Waals surface area (Å²) in [5.41, 5.74) is 0. The Morgan fingerprint density at radius 3 is 2.30 bits per heavy atom. The van der Waals surface area contributed by atoms with Crippen molar-refractivity contribution < 1.29 is 0 Å². The van der Waals surface area contributed by atoms with Gasteiger partial charge in [0.25, 0.3) is 0 Å². The second-order valence-electron chi connectivity index (χ2n) is 5.80. The Balaban J connectivity index is 0.00000361. The smallest absolute Gasteiger partial charge is 0.191 e. The molecule has 0 spiro atoms. The summed E-state index contributed by atoms with van der Waals surface area (Å²) in [6.45, 7) is 14.1. The summed E-state index contributed by atoms with van der Waals surface area (Å²) in [6.07, 6.45) is 3.92. The average Bonchev–Trinajstić information content (AvgIpc) is 2.90. The molecule has 0 aromatic carbocycles. The summed E-state index contributed by atoms with van der Waals surface area (Å²) in [5, 5.41) is 6.83. The Hall–Kier alpha value is -0.0400. The largest absolute Gasteiger partial charge is 0.357 e. The van der Waals surface area contributed by atoms with E-state index in [1.54, 1.807) is 0 Å². The first kappa shape index (κ1) is 20.0. The van der Waals surface area contributed by atoms with Gasteiger partial charge in [-0.3, -0.25) is 9.89 Å². The van der Waals surface area contributed by atoms with Crippen molar-refractivity contribution in [1.82, 2.24) is 15.5 Å². The van der Waals surface area contributed by atoms with Crippen LogP contribution in [0, 0.1) is 5.92 Å². The summed E-state index contributed by atoms with van der Waals surface area (Å²) in [5.74, 6) is 1.57. The fourth-order valence-electron chi connectivity index (χ4n) is 2.47. The van der Waals surface area contributed by atoms with Crippen LogP contribution in [-0.2, 0) is 0 Å². The number of rotatable bonds is 7. The molecule has 0 saturated carbocycles. The third kappa shape index (κ3) is 7.67. The third-order valence-electron chi connectivity index (χ3n) is 3.59. The van der Waals surface area contributed by atoms with Crippen molar-refractivity contribution in [2.24, 2.45) is 10.9 Å². The van der Waals surface area contributed by atoms with Gasteiger partial charge in [-0.2, -0.15) is 0 Å². The minimum absolute atomic E-state index is 0. The van der Waals surface area contributed by atoms with Crippen LogP contribution in [0.15, 0.2) is 4.99 Å². The Morgan fingerprint density at radius 2 is 1.80 bits per heavy atom. The van der Waals surface area contributed by atoms with Gasteiger partial charge in [0.1, 0.15) is 0 Å². The van der Waals surface area contributed by atoms with Crippen LogP contribution in [0.3, 0.4) is 0 Å². The molecule has 4 nitrogen and oxygen atoms in total. The van der Waals surface area contributed by atoms with Crippen molar-refractivity contribution in [3.8, 4) is 0 Å². The zero-order chi connectivity index (χ0) is 14.1. The second-order valence-corrected chi connectivity index (χ2v) is 5.80. The Morgan fingerprint density at radius 1 is 1.15 bits per heavy atom. The molecule has 0 aromatic rings. The van der Waals surface area contributed by atoms with Gasteiger partial charge in [0, 0.05) is 25.7 Å². The molecule has 1 unspecified atom stereocenters. The van der Waals surface area contributed by atoms with Gasteiger partial charge >= 0.3 is 0 Å². The highest BCUT2D eigenvalue weighted by atomic mass is 127. The van der Waals surface area contributed by atoms with Gasteiger partial charge in [-0.15, -0.1) is 24.0 Å². The number of halogens is 1. The molecule has 1 atom stereocenters. The van der Waals surface area contributed by atoms with Crippen molar-refractivity contribution in [2.45, 2.75) is 53.0 Å². The fraction of sp³-hybridized carbons (Fsp3) is 0.933. The molecule has 1 saturated heterocycles. The Kier molecular flexibility index (Phi) is 11.6.